The van der Waals surface area contributed by atoms with E-state index in [1.54, 1.807) is 0 Å². The first-order chi connectivity index (χ1) is 8.83. The standard InChI is InChI=1S/C15H16N2S/c16-12-4-6-13(7-5-12)18-15-3-1-2-11-10-17-9-8-14(11)15/h1-7,17H,8-10,16H2. The van der Waals surface area contributed by atoms with Crippen LogP contribution in [0.15, 0.2) is 52.3 Å². The van der Waals surface area contributed by atoms with Gasteiger partial charge in [0.15, 0.2) is 0 Å². The van der Waals surface area contributed by atoms with Crippen LogP contribution < -0.4 is 11.1 Å². The Labute approximate surface area is 112 Å². The van der Waals surface area contributed by atoms with Crippen LogP contribution in [0.2, 0.25) is 0 Å². The average Bonchev–Trinajstić information content (AvgIpc) is 2.42. The summed E-state index contributed by atoms with van der Waals surface area (Å²) < 4.78 is 0. The van der Waals surface area contributed by atoms with Gasteiger partial charge < -0.3 is 11.1 Å². The van der Waals surface area contributed by atoms with E-state index >= 15 is 0 Å². The van der Waals surface area contributed by atoms with Crippen molar-refractivity contribution in [1.29, 1.82) is 0 Å². The van der Waals surface area contributed by atoms with Crippen LogP contribution >= 0.6 is 11.8 Å². The summed E-state index contributed by atoms with van der Waals surface area (Å²) in [5.41, 5.74) is 9.46. The van der Waals surface area contributed by atoms with Crippen molar-refractivity contribution in [3.63, 3.8) is 0 Å². The summed E-state index contributed by atoms with van der Waals surface area (Å²) in [7, 11) is 0. The molecule has 18 heavy (non-hydrogen) atoms. The van der Waals surface area contributed by atoms with Gasteiger partial charge >= 0.3 is 0 Å². The van der Waals surface area contributed by atoms with Crippen molar-refractivity contribution in [2.75, 3.05) is 12.3 Å². The molecule has 0 unspecified atom stereocenters. The Kier molecular flexibility index (Phi) is 3.26. The first-order valence-corrected chi connectivity index (χ1v) is 6.99. The van der Waals surface area contributed by atoms with Gasteiger partial charge in [0.2, 0.25) is 0 Å². The van der Waals surface area contributed by atoms with Gasteiger partial charge in [-0.3, -0.25) is 0 Å². The SMILES string of the molecule is Nc1ccc(Sc2cccc3c2CCNC3)cc1. The van der Waals surface area contributed by atoms with E-state index in [1.165, 1.54) is 20.9 Å². The van der Waals surface area contributed by atoms with Gasteiger partial charge in [0, 0.05) is 22.0 Å². The molecular weight excluding hydrogens is 240 g/mol. The van der Waals surface area contributed by atoms with E-state index in [4.69, 9.17) is 5.73 Å². The van der Waals surface area contributed by atoms with E-state index in [2.05, 4.69) is 35.6 Å². The van der Waals surface area contributed by atoms with E-state index in [0.717, 1.165) is 25.2 Å². The summed E-state index contributed by atoms with van der Waals surface area (Å²) in [5, 5.41) is 3.41. The number of hydrogen-bond acceptors (Lipinski definition) is 3. The van der Waals surface area contributed by atoms with Gasteiger partial charge in [-0.15, -0.1) is 0 Å². The third kappa shape index (κ3) is 2.37. The van der Waals surface area contributed by atoms with E-state index < -0.39 is 0 Å². The van der Waals surface area contributed by atoms with Crippen LogP contribution in [0.4, 0.5) is 5.69 Å². The Morgan fingerprint density at radius 1 is 1.06 bits per heavy atom. The fourth-order valence-corrected chi connectivity index (χ4v) is 3.28. The van der Waals surface area contributed by atoms with Crippen molar-refractivity contribution in [3.05, 3.63) is 53.6 Å². The maximum Gasteiger partial charge on any atom is 0.0314 e. The number of nitrogen functional groups attached to an aromatic ring is 1. The summed E-state index contributed by atoms with van der Waals surface area (Å²) in [5.74, 6) is 0. The molecule has 0 aliphatic carbocycles. The van der Waals surface area contributed by atoms with Gasteiger partial charge in [0.1, 0.15) is 0 Å². The molecule has 3 rings (SSSR count). The topological polar surface area (TPSA) is 38.0 Å². The second-order valence-corrected chi connectivity index (χ2v) is 5.61. The number of hydrogen-bond donors (Lipinski definition) is 2. The van der Waals surface area contributed by atoms with Crippen LogP contribution in [0.25, 0.3) is 0 Å². The molecule has 3 heteroatoms. The lowest BCUT2D eigenvalue weighted by Crippen LogP contribution is -2.23. The Balaban J connectivity index is 1.90. The highest BCUT2D eigenvalue weighted by atomic mass is 32.2. The lowest BCUT2D eigenvalue weighted by molar-refractivity contribution is 0.636. The van der Waals surface area contributed by atoms with Crippen LogP contribution in [0.3, 0.4) is 0 Å². The maximum atomic E-state index is 5.71. The number of anilines is 1. The third-order valence-corrected chi connectivity index (χ3v) is 4.32. The van der Waals surface area contributed by atoms with Crippen LogP contribution in [-0.2, 0) is 13.0 Å². The second kappa shape index (κ2) is 5.04. The average molecular weight is 256 g/mol. The van der Waals surface area contributed by atoms with Crippen molar-refractivity contribution in [1.82, 2.24) is 5.32 Å². The quantitative estimate of drug-likeness (QED) is 0.811. The van der Waals surface area contributed by atoms with Crippen molar-refractivity contribution < 1.29 is 0 Å². The minimum atomic E-state index is 0.818. The molecule has 0 saturated heterocycles. The molecule has 2 nitrogen and oxygen atoms in total. The van der Waals surface area contributed by atoms with E-state index in [9.17, 15) is 0 Å². The summed E-state index contributed by atoms with van der Waals surface area (Å²) in [6, 6.07) is 14.7. The highest BCUT2D eigenvalue weighted by Gasteiger charge is 2.12. The molecule has 0 saturated carbocycles. The summed E-state index contributed by atoms with van der Waals surface area (Å²) >= 11 is 1.83. The highest BCUT2D eigenvalue weighted by molar-refractivity contribution is 7.99. The number of rotatable bonds is 2. The molecule has 92 valence electrons. The van der Waals surface area contributed by atoms with Gasteiger partial charge in [0.25, 0.3) is 0 Å². The minimum absolute atomic E-state index is 0.818. The number of fused-ring (bicyclic) bond motifs is 1. The number of benzene rings is 2. The molecule has 0 bridgehead atoms. The molecule has 3 N–H and O–H groups in total. The smallest absolute Gasteiger partial charge is 0.0314 e. The predicted octanol–water partition coefficient (Wildman–Crippen LogP) is 3.07. The van der Waals surface area contributed by atoms with Gasteiger partial charge in [-0.2, -0.15) is 0 Å². The first-order valence-electron chi connectivity index (χ1n) is 6.18. The fourth-order valence-electron chi connectivity index (χ4n) is 2.26. The van der Waals surface area contributed by atoms with Crippen molar-refractivity contribution in [2.45, 2.75) is 22.8 Å². The fraction of sp³-hybridized carbons (Fsp3) is 0.200. The molecule has 0 spiro atoms. The van der Waals surface area contributed by atoms with Gasteiger partial charge in [-0.25, -0.2) is 0 Å². The third-order valence-electron chi connectivity index (χ3n) is 3.21. The zero-order chi connectivity index (χ0) is 12.4. The summed E-state index contributed by atoms with van der Waals surface area (Å²) in [6.07, 6.45) is 1.12. The lowest BCUT2D eigenvalue weighted by atomic mass is 10.0. The Morgan fingerprint density at radius 3 is 2.72 bits per heavy atom. The molecule has 1 heterocycles. The molecule has 0 amide bonds. The molecule has 0 aromatic heterocycles. The van der Waals surface area contributed by atoms with Crippen LogP contribution in [0, 0.1) is 0 Å². The summed E-state index contributed by atoms with van der Waals surface area (Å²) in [6.45, 7) is 2.07. The highest BCUT2D eigenvalue weighted by Crippen LogP contribution is 2.33. The van der Waals surface area contributed by atoms with Gasteiger partial charge in [-0.1, -0.05) is 23.9 Å². The Hall–Kier alpha value is -1.45. The molecular formula is C15H16N2S. The van der Waals surface area contributed by atoms with Crippen LogP contribution in [-0.4, -0.2) is 6.54 Å². The van der Waals surface area contributed by atoms with E-state index in [0.29, 0.717) is 0 Å². The van der Waals surface area contributed by atoms with Crippen molar-refractivity contribution in [3.8, 4) is 0 Å². The molecule has 0 fully saturated rings. The monoisotopic (exact) mass is 256 g/mol. The van der Waals surface area contributed by atoms with Crippen LogP contribution in [0.5, 0.6) is 0 Å². The number of nitrogens with one attached hydrogen (secondary N) is 1. The normalized spacial score (nSPS) is 14.2. The molecule has 2 aromatic carbocycles. The number of nitrogens with two attached hydrogens (primary N) is 1. The van der Waals surface area contributed by atoms with E-state index in [1.807, 2.05) is 23.9 Å². The molecule has 0 atom stereocenters. The molecule has 2 aromatic rings. The van der Waals surface area contributed by atoms with Crippen molar-refractivity contribution >= 4 is 17.4 Å². The Morgan fingerprint density at radius 2 is 1.89 bits per heavy atom. The predicted molar refractivity (Wildman–Crippen MR) is 76.8 cm³/mol. The molecule has 1 aliphatic rings. The summed E-state index contributed by atoms with van der Waals surface area (Å²) in [4.78, 5) is 2.62. The van der Waals surface area contributed by atoms with Gasteiger partial charge in [-0.05, 0) is 54.4 Å². The maximum absolute atomic E-state index is 5.71. The minimum Gasteiger partial charge on any atom is -0.399 e. The van der Waals surface area contributed by atoms with Crippen molar-refractivity contribution in [2.24, 2.45) is 0 Å². The lowest BCUT2D eigenvalue weighted by Gasteiger charge is -2.19. The first kappa shape index (κ1) is 11.6. The van der Waals surface area contributed by atoms with E-state index in [-0.39, 0.29) is 0 Å². The molecule has 1 aliphatic heterocycles. The molecule has 0 radical (unpaired) electrons. The second-order valence-electron chi connectivity index (χ2n) is 4.49. The van der Waals surface area contributed by atoms with Gasteiger partial charge in [0.05, 0.1) is 0 Å². The Bertz CT molecular complexity index is 549. The zero-order valence-electron chi connectivity index (χ0n) is 10.1. The zero-order valence-corrected chi connectivity index (χ0v) is 11.0. The van der Waals surface area contributed by atoms with Crippen LogP contribution in [0.1, 0.15) is 11.1 Å². The largest absolute Gasteiger partial charge is 0.399 e.